The number of aromatic amines is 1. The van der Waals surface area contributed by atoms with E-state index >= 15 is 0 Å². The summed E-state index contributed by atoms with van der Waals surface area (Å²) in [7, 11) is -3.56. The van der Waals surface area contributed by atoms with Crippen LogP contribution in [0.4, 0.5) is 0 Å². The van der Waals surface area contributed by atoms with Gasteiger partial charge in [0.2, 0.25) is 10.0 Å². The predicted molar refractivity (Wildman–Crippen MR) is 120 cm³/mol. The number of H-pyrrole nitrogens is 1. The quantitative estimate of drug-likeness (QED) is 0.703. The lowest BCUT2D eigenvalue weighted by Crippen LogP contribution is -2.37. The summed E-state index contributed by atoms with van der Waals surface area (Å²) in [6, 6.07) is 10.1. The predicted octanol–water partition coefficient (Wildman–Crippen LogP) is 3.68. The molecule has 0 spiro atoms. The van der Waals surface area contributed by atoms with E-state index in [2.05, 4.69) is 43.1 Å². The van der Waals surface area contributed by atoms with Crippen molar-refractivity contribution in [3.8, 4) is 0 Å². The van der Waals surface area contributed by atoms with Crippen LogP contribution >= 0.6 is 11.8 Å². The van der Waals surface area contributed by atoms with E-state index in [-0.39, 0.29) is 16.8 Å². The van der Waals surface area contributed by atoms with Crippen molar-refractivity contribution in [3.63, 3.8) is 0 Å². The lowest BCUT2D eigenvalue weighted by Gasteiger charge is -2.25. The maximum Gasteiger partial charge on any atom is 0.270 e. The average molecular weight is 448 g/mol. The van der Waals surface area contributed by atoms with E-state index in [0.29, 0.717) is 31.2 Å². The van der Waals surface area contributed by atoms with Crippen LogP contribution in [0.1, 0.15) is 54.2 Å². The molecule has 0 atom stereocenters. The van der Waals surface area contributed by atoms with Gasteiger partial charge >= 0.3 is 0 Å². The van der Waals surface area contributed by atoms with Crippen LogP contribution in [0.25, 0.3) is 0 Å². The summed E-state index contributed by atoms with van der Waals surface area (Å²) in [4.78, 5) is 18.2. The summed E-state index contributed by atoms with van der Waals surface area (Å²) in [5, 5.41) is 0. The fourth-order valence-corrected chi connectivity index (χ4v) is 6.27. The molecule has 0 unspecified atom stereocenters. The molecular formula is C22H29N3O3S2. The number of sulfonamides is 1. The number of carbonyl (C=O) groups is 1. The van der Waals surface area contributed by atoms with Crippen molar-refractivity contribution in [2.45, 2.75) is 50.1 Å². The van der Waals surface area contributed by atoms with Gasteiger partial charge in [-0.1, -0.05) is 38.1 Å². The normalized spacial score (nSPS) is 18.0. The molecule has 1 saturated carbocycles. The number of aromatic nitrogens is 1. The average Bonchev–Trinajstić information content (AvgIpc) is 3.47. The largest absolute Gasteiger partial charge is 0.356 e. The summed E-state index contributed by atoms with van der Waals surface area (Å²) >= 11 is 1.76. The Bertz CT molecular complexity index is 989. The van der Waals surface area contributed by atoms with E-state index in [0.717, 1.165) is 29.9 Å². The maximum atomic E-state index is 13.2. The van der Waals surface area contributed by atoms with E-state index in [1.165, 1.54) is 22.1 Å². The van der Waals surface area contributed by atoms with Crippen molar-refractivity contribution < 1.29 is 13.2 Å². The molecule has 2 heterocycles. The Hall–Kier alpha value is -1.77. The molecule has 8 heteroatoms. The second-order valence-corrected chi connectivity index (χ2v) is 11.5. The molecule has 0 bridgehead atoms. The number of hydrogen-bond acceptors (Lipinski definition) is 4. The molecule has 162 valence electrons. The van der Waals surface area contributed by atoms with Gasteiger partial charge in [0, 0.05) is 43.4 Å². The summed E-state index contributed by atoms with van der Waals surface area (Å²) in [6.07, 6.45) is 3.44. The number of nitrogens with zero attached hydrogens (tertiary/aromatic N) is 2. The zero-order valence-corrected chi connectivity index (χ0v) is 19.1. The Morgan fingerprint density at radius 1 is 1.20 bits per heavy atom. The Morgan fingerprint density at radius 2 is 1.87 bits per heavy atom. The monoisotopic (exact) mass is 447 g/mol. The van der Waals surface area contributed by atoms with E-state index in [1.807, 2.05) is 4.90 Å². The summed E-state index contributed by atoms with van der Waals surface area (Å²) in [5.41, 5.74) is 2.70. The van der Waals surface area contributed by atoms with Crippen LogP contribution in [-0.4, -0.2) is 59.2 Å². The highest BCUT2D eigenvalue weighted by molar-refractivity contribution is 7.99. The molecule has 1 aliphatic carbocycles. The third-order valence-electron chi connectivity index (χ3n) is 5.74. The second-order valence-electron chi connectivity index (χ2n) is 8.33. The van der Waals surface area contributed by atoms with Crippen LogP contribution < -0.4 is 0 Å². The zero-order valence-electron chi connectivity index (χ0n) is 17.5. The molecule has 6 nitrogen and oxygen atoms in total. The van der Waals surface area contributed by atoms with Gasteiger partial charge < -0.3 is 9.88 Å². The van der Waals surface area contributed by atoms with Crippen molar-refractivity contribution in [1.82, 2.24) is 14.2 Å². The van der Waals surface area contributed by atoms with Crippen LogP contribution in [0, 0.1) is 0 Å². The standard InChI is InChI=1S/C22H29N3O3S2/c1-16(2)18-5-3-17(4-6-18)15-25(19-7-8-19)22(26)21-13-20(14-23-21)30(27,28)24-9-11-29-12-10-24/h3-6,13-14,16,19,23H,7-12,15H2,1-2H3. The fraction of sp³-hybridized carbons (Fsp3) is 0.500. The van der Waals surface area contributed by atoms with Gasteiger partial charge in [0.05, 0.1) is 0 Å². The number of amides is 1. The van der Waals surface area contributed by atoms with E-state index in [1.54, 1.807) is 11.8 Å². The minimum atomic E-state index is -3.56. The van der Waals surface area contributed by atoms with Gasteiger partial charge in [-0.05, 0) is 36.0 Å². The molecule has 0 radical (unpaired) electrons. The lowest BCUT2D eigenvalue weighted by molar-refractivity contribution is 0.0724. The molecule has 30 heavy (non-hydrogen) atoms. The van der Waals surface area contributed by atoms with Gasteiger partial charge in [-0.3, -0.25) is 4.79 Å². The zero-order chi connectivity index (χ0) is 21.3. The summed E-state index contributed by atoms with van der Waals surface area (Å²) in [5.74, 6) is 1.94. The number of thioether (sulfide) groups is 1. The molecule has 4 rings (SSSR count). The lowest BCUT2D eigenvalue weighted by atomic mass is 10.0. The minimum absolute atomic E-state index is 0.138. The van der Waals surface area contributed by atoms with Crippen LogP contribution in [0.2, 0.25) is 0 Å². The topological polar surface area (TPSA) is 73.5 Å². The highest BCUT2D eigenvalue weighted by Crippen LogP contribution is 2.30. The van der Waals surface area contributed by atoms with E-state index in [9.17, 15) is 13.2 Å². The molecule has 1 saturated heterocycles. The number of carbonyl (C=O) groups excluding carboxylic acids is 1. The Balaban J connectivity index is 1.50. The third kappa shape index (κ3) is 4.60. The van der Waals surface area contributed by atoms with Crippen molar-refractivity contribution in [3.05, 3.63) is 53.3 Å². The SMILES string of the molecule is CC(C)c1ccc(CN(C(=O)c2cc(S(=O)(=O)N3CCSCC3)c[nH]2)C2CC2)cc1. The van der Waals surface area contributed by atoms with Crippen LogP contribution in [0.5, 0.6) is 0 Å². The van der Waals surface area contributed by atoms with E-state index in [4.69, 9.17) is 0 Å². The molecule has 1 aromatic carbocycles. The van der Waals surface area contributed by atoms with Crippen LogP contribution in [-0.2, 0) is 16.6 Å². The number of benzene rings is 1. The van der Waals surface area contributed by atoms with Crippen LogP contribution in [0.15, 0.2) is 41.4 Å². The van der Waals surface area contributed by atoms with Gasteiger partial charge in [-0.25, -0.2) is 8.42 Å². The Labute approximate surface area is 183 Å². The molecule has 1 aliphatic heterocycles. The molecule has 2 aromatic rings. The number of nitrogens with one attached hydrogen (secondary N) is 1. The highest BCUT2D eigenvalue weighted by Gasteiger charge is 2.35. The van der Waals surface area contributed by atoms with Crippen molar-refractivity contribution in [2.24, 2.45) is 0 Å². The van der Waals surface area contributed by atoms with Gasteiger partial charge in [0.25, 0.3) is 5.91 Å². The smallest absolute Gasteiger partial charge is 0.270 e. The molecule has 1 aromatic heterocycles. The number of rotatable bonds is 7. The molecule has 2 fully saturated rings. The van der Waals surface area contributed by atoms with Gasteiger partial charge in [-0.2, -0.15) is 16.1 Å². The van der Waals surface area contributed by atoms with Crippen molar-refractivity contribution >= 4 is 27.7 Å². The second kappa shape index (κ2) is 8.77. The maximum absolute atomic E-state index is 13.2. The summed E-state index contributed by atoms with van der Waals surface area (Å²) < 4.78 is 27.3. The number of hydrogen-bond donors (Lipinski definition) is 1. The Kier molecular flexibility index (Phi) is 6.27. The van der Waals surface area contributed by atoms with Gasteiger partial charge in [-0.15, -0.1) is 0 Å². The highest BCUT2D eigenvalue weighted by atomic mass is 32.2. The first-order valence-corrected chi connectivity index (χ1v) is 13.1. The first-order valence-electron chi connectivity index (χ1n) is 10.5. The van der Waals surface area contributed by atoms with Crippen molar-refractivity contribution in [1.29, 1.82) is 0 Å². The van der Waals surface area contributed by atoms with Crippen LogP contribution in [0.3, 0.4) is 0 Å². The van der Waals surface area contributed by atoms with Gasteiger partial charge in [0.15, 0.2) is 0 Å². The van der Waals surface area contributed by atoms with E-state index < -0.39 is 10.0 Å². The molecular weight excluding hydrogens is 418 g/mol. The third-order valence-corrected chi connectivity index (χ3v) is 8.56. The molecule has 2 aliphatic rings. The first kappa shape index (κ1) is 21.5. The summed E-state index contributed by atoms with van der Waals surface area (Å²) in [6.45, 7) is 5.89. The molecule has 1 N–H and O–H groups in total. The molecule has 1 amide bonds. The fourth-order valence-electron chi connectivity index (χ4n) is 3.70. The first-order chi connectivity index (χ1) is 14.4. The Morgan fingerprint density at radius 3 is 2.47 bits per heavy atom. The minimum Gasteiger partial charge on any atom is -0.356 e. The van der Waals surface area contributed by atoms with Crippen molar-refractivity contribution in [2.75, 3.05) is 24.6 Å². The van der Waals surface area contributed by atoms with Gasteiger partial charge in [0.1, 0.15) is 10.6 Å².